The number of ether oxygens (including phenoxy) is 2. The van der Waals surface area contributed by atoms with Crippen LogP contribution in [0.25, 0.3) is 0 Å². The van der Waals surface area contributed by atoms with Crippen LogP contribution in [0.4, 0.5) is 5.69 Å². The Morgan fingerprint density at radius 3 is 1.86 bits per heavy atom. The van der Waals surface area contributed by atoms with E-state index in [4.69, 9.17) is 9.47 Å². The molecule has 2 aromatic rings. The largest absolute Gasteiger partial charge is 0.366 e. The van der Waals surface area contributed by atoms with Crippen molar-refractivity contribution in [3.05, 3.63) is 61.9 Å². The van der Waals surface area contributed by atoms with Gasteiger partial charge in [-0.25, -0.2) is 0 Å². The Kier molecular flexibility index (Phi) is 14.1. The first kappa shape index (κ1) is 31.7. The normalized spacial score (nSPS) is 18.9. The van der Waals surface area contributed by atoms with Crippen molar-refractivity contribution < 1.29 is 19.1 Å². The maximum Gasteiger partial charge on any atom is 0.253 e. The van der Waals surface area contributed by atoms with E-state index in [0.717, 1.165) is 32.2 Å². The van der Waals surface area contributed by atoms with E-state index in [0.29, 0.717) is 26.3 Å². The lowest BCUT2D eigenvalue weighted by Crippen LogP contribution is -2.49. The van der Waals surface area contributed by atoms with Gasteiger partial charge >= 0.3 is 0 Å². The molecule has 2 aliphatic heterocycles. The number of anilines is 1. The standard InChI is InChI=1S/C13H17BrN2O2.C7H14N2O2.C6H4Br2/c1-15(2)13(17)12-9-16(6-7-18-12)11-5-3-4-10(14)8-11;1-9(2)7(10)6-5-8-3-4-11-6;7-5-2-1-3-6(8)4-5/h3-5,8,12H,6-7,9H2,1-2H3;6,8H,3-5H2,1-2H3;1-4H. The molecular weight excluding hydrogens is 672 g/mol. The van der Waals surface area contributed by atoms with Gasteiger partial charge in [-0.2, -0.15) is 0 Å². The minimum atomic E-state index is -0.368. The number of hydrogen-bond acceptors (Lipinski definition) is 6. The molecule has 2 fully saturated rings. The Hall–Kier alpha value is -1.50. The molecule has 4 rings (SSSR count). The monoisotopic (exact) mass is 704 g/mol. The summed E-state index contributed by atoms with van der Waals surface area (Å²) in [5, 5.41) is 3.10. The van der Waals surface area contributed by atoms with E-state index in [-0.39, 0.29) is 24.0 Å². The van der Waals surface area contributed by atoms with Crippen molar-refractivity contribution in [1.82, 2.24) is 15.1 Å². The fourth-order valence-corrected chi connectivity index (χ4v) is 4.96. The van der Waals surface area contributed by atoms with Gasteiger partial charge in [0.2, 0.25) is 0 Å². The molecular formula is C26H35Br3N4O4. The fourth-order valence-electron chi connectivity index (χ4n) is 3.47. The third-order valence-electron chi connectivity index (χ3n) is 5.39. The van der Waals surface area contributed by atoms with E-state index in [1.54, 1.807) is 38.0 Å². The molecule has 0 radical (unpaired) electrons. The lowest BCUT2D eigenvalue weighted by atomic mass is 10.2. The van der Waals surface area contributed by atoms with Crippen molar-refractivity contribution >= 4 is 65.3 Å². The van der Waals surface area contributed by atoms with Crippen LogP contribution in [-0.4, -0.2) is 101 Å². The number of carbonyl (C=O) groups excluding carboxylic acids is 2. The summed E-state index contributed by atoms with van der Waals surface area (Å²) in [4.78, 5) is 28.5. The summed E-state index contributed by atoms with van der Waals surface area (Å²) in [7, 11) is 6.98. The summed E-state index contributed by atoms with van der Waals surface area (Å²) >= 11 is 10.1. The number of amides is 2. The highest BCUT2D eigenvalue weighted by atomic mass is 79.9. The Balaban J connectivity index is 0.000000215. The fraction of sp³-hybridized carbons (Fsp3) is 0.462. The number of rotatable bonds is 3. The first-order chi connectivity index (χ1) is 17.6. The van der Waals surface area contributed by atoms with Crippen molar-refractivity contribution in [2.45, 2.75) is 12.2 Å². The maximum atomic E-state index is 11.9. The Morgan fingerprint density at radius 1 is 0.838 bits per heavy atom. The molecule has 0 saturated carbocycles. The minimum Gasteiger partial charge on any atom is -0.366 e. The third kappa shape index (κ3) is 11.4. The molecule has 0 spiro atoms. The lowest BCUT2D eigenvalue weighted by Gasteiger charge is -2.34. The quantitative estimate of drug-likeness (QED) is 0.521. The molecule has 204 valence electrons. The van der Waals surface area contributed by atoms with Crippen LogP contribution in [0, 0.1) is 0 Å². The van der Waals surface area contributed by atoms with Gasteiger partial charge in [0.1, 0.15) is 6.10 Å². The van der Waals surface area contributed by atoms with Gasteiger partial charge in [0.15, 0.2) is 6.10 Å². The Bertz CT molecular complexity index is 986. The van der Waals surface area contributed by atoms with Crippen LogP contribution in [0.3, 0.4) is 0 Å². The van der Waals surface area contributed by atoms with E-state index in [2.05, 4.69) is 64.1 Å². The summed E-state index contributed by atoms with van der Waals surface area (Å²) in [6.45, 7) is 4.11. The van der Waals surface area contributed by atoms with Gasteiger partial charge in [0.05, 0.1) is 19.8 Å². The maximum absolute atomic E-state index is 11.9. The van der Waals surface area contributed by atoms with Gasteiger partial charge < -0.3 is 29.5 Å². The van der Waals surface area contributed by atoms with E-state index in [1.165, 1.54) is 0 Å². The van der Waals surface area contributed by atoms with Crippen LogP contribution >= 0.6 is 47.8 Å². The van der Waals surface area contributed by atoms with Crippen LogP contribution in [-0.2, 0) is 19.1 Å². The molecule has 37 heavy (non-hydrogen) atoms. The van der Waals surface area contributed by atoms with Crippen molar-refractivity contribution in [3.63, 3.8) is 0 Å². The van der Waals surface area contributed by atoms with E-state index >= 15 is 0 Å². The molecule has 2 atom stereocenters. The first-order valence-electron chi connectivity index (χ1n) is 11.9. The first-order valence-corrected chi connectivity index (χ1v) is 14.2. The van der Waals surface area contributed by atoms with Crippen LogP contribution in [0.2, 0.25) is 0 Å². The molecule has 8 nitrogen and oxygen atoms in total. The minimum absolute atomic E-state index is 0.0229. The van der Waals surface area contributed by atoms with Crippen LogP contribution in [0.5, 0.6) is 0 Å². The Labute approximate surface area is 245 Å². The molecule has 1 N–H and O–H groups in total. The zero-order valence-corrected chi connectivity index (χ0v) is 26.4. The summed E-state index contributed by atoms with van der Waals surface area (Å²) in [6, 6.07) is 16.1. The summed E-state index contributed by atoms with van der Waals surface area (Å²) in [5.41, 5.74) is 1.12. The molecule has 2 saturated heterocycles. The van der Waals surface area contributed by atoms with Gasteiger partial charge in [0, 0.05) is 66.9 Å². The van der Waals surface area contributed by atoms with Gasteiger partial charge in [-0.1, -0.05) is 59.9 Å². The molecule has 11 heteroatoms. The second kappa shape index (κ2) is 16.5. The molecule has 0 bridgehead atoms. The highest BCUT2D eigenvalue weighted by Crippen LogP contribution is 2.22. The molecule has 2 aromatic carbocycles. The van der Waals surface area contributed by atoms with E-state index in [9.17, 15) is 9.59 Å². The number of benzene rings is 2. The topological polar surface area (TPSA) is 74.4 Å². The smallest absolute Gasteiger partial charge is 0.253 e. The highest BCUT2D eigenvalue weighted by Gasteiger charge is 2.28. The number of nitrogens with zero attached hydrogens (tertiary/aromatic N) is 3. The van der Waals surface area contributed by atoms with Crippen molar-refractivity contribution in [2.24, 2.45) is 0 Å². The van der Waals surface area contributed by atoms with E-state index in [1.807, 2.05) is 42.5 Å². The average Bonchev–Trinajstić information content (AvgIpc) is 2.89. The number of carbonyl (C=O) groups is 2. The molecule has 2 aliphatic rings. The molecule has 2 heterocycles. The number of morpholine rings is 2. The van der Waals surface area contributed by atoms with Gasteiger partial charge in [0.25, 0.3) is 11.8 Å². The second-order valence-corrected chi connectivity index (χ2v) is 11.5. The molecule has 2 amide bonds. The lowest BCUT2D eigenvalue weighted by molar-refractivity contribution is -0.142. The van der Waals surface area contributed by atoms with Crippen molar-refractivity contribution in [2.75, 3.05) is 72.5 Å². The molecule has 0 aliphatic carbocycles. The zero-order valence-electron chi connectivity index (χ0n) is 21.6. The van der Waals surface area contributed by atoms with Crippen LogP contribution < -0.4 is 10.2 Å². The predicted octanol–water partition coefficient (Wildman–Crippen LogP) is 4.02. The highest BCUT2D eigenvalue weighted by molar-refractivity contribution is 9.11. The summed E-state index contributed by atoms with van der Waals surface area (Å²) < 4.78 is 14.0. The summed E-state index contributed by atoms with van der Waals surface area (Å²) in [6.07, 6.45) is -0.647. The third-order valence-corrected chi connectivity index (χ3v) is 6.87. The summed E-state index contributed by atoms with van der Waals surface area (Å²) in [5.74, 6) is 0.0619. The van der Waals surface area contributed by atoms with Gasteiger partial charge in [-0.3, -0.25) is 9.59 Å². The number of halogens is 3. The SMILES string of the molecule is Brc1cccc(Br)c1.CN(C)C(=O)C1CN(c2cccc(Br)c2)CCO1.CN(C)C(=O)C1CNCCO1. The molecule has 2 unspecified atom stereocenters. The Morgan fingerprint density at radius 2 is 1.38 bits per heavy atom. The van der Waals surface area contributed by atoms with Gasteiger partial charge in [-0.05, 0) is 36.4 Å². The predicted molar refractivity (Wildman–Crippen MR) is 158 cm³/mol. The van der Waals surface area contributed by atoms with Crippen molar-refractivity contribution in [3.8, 4) is 0 Å². The average molecular weight is 707 g/mol. The van der Waals surface area contributed by atoms with Gasteiger partial charge in [-0.15, -0.1) is 0 Å². The van der Waals surface area contributed by atoms with E-state index < -0.39 is 0 Å². The van der Waals surface area contributed by atoms with Crippen LogP contribution in [0.15, 0.2) is 61.9 Å². The number of hydrogen-bond donors (Lipinski definition) is 1. The molecule has 0 aromatic heterocycles. The second-order valence-electron chi connectivity index (χ2n) is 8.75. The number of nitrogens with one attached hydrogen (secondary N) is 1. The zero-order chi connectivity index (χ0) is 27.4. The van der Waals surface area contributed by atoms with Crippen molar-refractivity contribution in [1.29, 1.82) is 0 Å². The number of likely N-dealkylation sites (N-methyl/N-ethyl adjacent to an activating group) is 2. The van der Waals surface area contributed by atoms with Crippen LogP contribution in [0.1, 0.15) is 0 Å².